The van der Waals surface area contributed by atoms with Gasteiger partial charge >= 0.3 is 0 Å². The Balaban J connectivity index is 1.35. The van der Waals surface area contributed by atoms with Gasteiger partial charge in [0.2, 0.25) is 5.91 Å². The summed E-state index contributed by atoms with van der Waals surface area (Å²) in [5.74, 6) is 0.478. The molecule has 1 fully saturated rings. The maximum atomic E-state index is 13.5. The van der Waals surface area contributed by atoms with Crippen molar-refractivity contribution >= 4 is 35.0 Å². The van der Waals surface area contributed by atoms with Crippen LogP contribution in [0.2, 0.25) is 0 Å². The van der Waals surface area contributed by atoms with E-state index in [0.29, 0.717) is 24.4 Å². The van der Waals surface area contributed by atoms with Crippen LogP contribution in [0.4, 0.5) is 11.4 Å². The van der Waals surface area contributed by atoms with Gasteiger partial charge in [0.1, 0.15) is 5.03 Å². The Hall–Kier alpha value is -3.12. The molecule has 1 aliphatic heterocycles. The lowest BCUT2D eigenvalue weighted by molar-refractivity contribution is -0.117. The molecular formula is C26H25N3O2S. The Kier molecular flexibility index (Phi) is 5.95. The third kappa shape index (κ3) is 4.41. The third-order valence-corrected chi connectivity index (χ3v) is 7.29. The molecule has 0 unspecified atom stereocenters. The second-order valence-corrected chi connectivity index (χ2v) is 9.44. The third-order valence-electron chi connectivity index (χ3n) is 6.16. The van der Waals surface area contributed by atoms with Gasteiger partial charge in [-0.05, 0) is 66.8 Å². The van der Waals surface area contributed by atoms with Crippen molar-refractivity contribution in [3.63, 3.8) is 0 Å². The molecule has 0 saturated heterocycles. The summed E-state index contributed by atoms with van der Waals surface area (Å²) in [6, 6.07) is 19.1. The summed E-state index contributed by atoms with van der Waals surface area (Å²) < 4.78 is 0. The molecule has 32 heavy (non-hydrogen) atoms. The lowest BCUT2D eigenvalue weighted by Crippen LogP contribution is -2.30. The van der Waals surface area contributed by atoms with E-state index in [1.54, 1.807) is 35.0 Å². The highest BCUT2D eigenvalue weighted by Gasteiger charge is 2.26. The number of benzene rings is 2. The van der Waals surface area contributed by atoms with Crippen molar-refractivity contribution in [2.45, 2.75) is 48.6 Å². The van der Waals surface area contributed by atoms with E-state index in [2.05, 4.69) is 22.4 Å². The van der Waals surface area contributed by atoms with Gasteiger partial charge in [0.25, 0.3) is 5.91 Å². The van der Waals surface area contributed by atoms with Gasteiger partial charge < -0.3 is 10.2 Å². The molecule has 1 N–H and O–H groups in total. The largest absolute Gasteiger partial charge is 0.326 e. The van der Waals surface area contributed by atoms with Crippen LogP contribution in [-0.2, 0) is 11.3 Å². The van der Waals surface area contributed by atoms with E-state index >= 15 is 0 Å². The zero-order valence-corrected chi connectivity index (χ0v) is 18.6. The molecule has 1 aromatic heterocycles. The van der Waals surface area contributed by atoms with Crippen LogP contribution in [-0.4, -0.2) is 16.8 Å². The highest BCUT2D eigenvalue weighted by molar-refractivity contribution is 7.99. The van der Waals surface area contributed by atoms with Crippen LogP contribution < -0.4 is 10.2 Å². The van der Waals surface area contributed by atoms with Crippen LogP contribution in [0.15, 0.2) is 76.8 Å². The number of carbonyl (C=O) groups excluding carboxylic acids is 2. The fraction of sp³-hybridized carbons (Fsp3) is 0.269. The molecule has 162 valence electrons. The van der Waals surface area contributed by atoms with Crippen LogP contribution in [0.1, 0.15) is 48.0 Å². The van der Waals surface area contributed by atoms with Crippen molar-refractivity contribution in [3.05, 3.63) is 78.0 Å². The summed E-state index contributed by atoms with van der Waals surface area (Å²) >= 11 is 1.59. The van der Waals surface area contributed by atoms with Crippen LogP contribution in [0.3, 0.4) is 0 Å². The molecule has 6 heteroatoms. The topological polar surface area (TPSA) is 62.3 Å². The summed E-state index contributed by atoms with van der Waals surface area (Å²) in [6.07, 6.45) is 7.09. The molecule has 1 saturated carbocycles. The number of hydrogen-bond acceptors (Lipinski definition) is 4. The zero-order chi connectivity index (χ0) is 21.9. The second kappa shape index (κ2) is 9.17. The zero-order valence-electron chi connectivity index (χ0n) is 17.8. The van der Waals surface area contributed by atoms with Gasteiger partial charge in [-0.15, -0.1) is 0 Å². The minimum atomic E-state index is -0.0830. The molecule has 0 bridgehead atoms. The number of pyridine rings is 1. The lowest BCUT2D eigenvalue weighted by atomic mass is 10.0. The number of amides is 2. The second-order valence-electron chi connectivity index (χ2n) is 8.41. The predicted molar refractivity (Wildman–Crippen MR) is 127 cm³/mol. The smallest absolute Gasteiger partial charge is 0.258 e. The van der Waals surface area contributed by atoms with Crippen molar-refractivity contribution in [3.8, 4) is 0 Å². The first-order valence-electron chi connectivity index (χ1n) is 11.1. The molecular weight excluding hydrogens is 418 g/mol. The van der Waals surface area contributed by atoms with E-state index < -0.39 is 0 Å². The molecule has 5 rings (SSSR count). The minimum absolute atomic E-state index is 0.0529. The molecule has 2 amide bonds. The average molecular weight is 444 g/mol. The first-order valence-corrected chi connectivity index (χ1v) is 11.9. The van der Waals surface area contributed by atoms with Crippen molar-refractivity contribution in [2.24, 2.45) is 5.92 Å². The number of anilines is 2. The van der Waals surface area contributed by atoms with Gasteiger partial charge in [-0.25, -0.2) is 4.98 Å². The molecule has 5 nitrogen and oxygen atoms in total. The quantitative estimate of drug-likeness (QED) is 0.544. The molecule has 2 aliphatic rings. The van der Waals surface area contributed by atoms with Crippen molar-refractivity contribution in [2.75, 3.05) is 10.2 Å². The summed E-state index contributed by atoms with van der Waals surface area (Å²) in [6.45, 7) is 0.487. The van der Waals surface area contributed by atoms with Crippen LogP contribution in [0, 0.1) is 5.92 Å². The highest BCUT2D eigenvalue weighted by atomic mass is 32.2. The van der Waals surface area contributed by atoms with E-state index in [9.17, 15) is 9.59 Å². The van der Waals surface area contributed by atoms with E-state index in [4.69, 9.17) is 0 Å². The molecule has 0 atom stereocenters. The van der Waals surface area contributed by atoms with E-state index in [1.165, 1.54) is 12.8 Å². The monoisotopic (exact) mass is 443 g/mol. The normalized spacial score (nSPS) is 15.6. The maximum absolute atomic E-state index is 13.5. The Bertz CT molecular complexity index is 1140. The molecule has 2 heterocycles. The predicted octanol–water partition coefficient (Wildman–Crippen LogP) is 5.91. The van der Waals surface area contributed by atoms with Crippen molar-refractivity contribution in [1.29, 1.82) is 0 Å². The molecule has 0 radical (unpaired) electrons. The number of carbonyl (C=O) groups is 2. The average Bonchev–Trinajstić information content (AvgIpc) is 3.25. The molecule has 0 spiro atoms. The van der Waals surface area contributed by atoms with Crippen molar-refractivity contribution < 1.29 is 9.59 Å². The van der Waals surface area contributed by atoms with Crippen LogP contribution >= 0.6 is 11.8 Å². The van der Waals surface area contributed by atoms with Gasteiger partial charge in [0.15, 0.2) is 0 Å². The van der Waals surface area contributed by atoms with Gasteiger partial charge in [0.05, 0.1) is 12.2 Å². The number of fused-ring (bicyclic) bond motifs is 2. The highest BCUT2D eigenvalue weighted by Crippen LogP contribution is 2.40. The van der Waals surface area contributed by atoms with Gasteiger partial charge in [-0.3, -0.25) is 9.59 Å². The molecule has 2 aromatic carbocycles. The van der Waals surface area contributed by atoms with Crippen molar-refractivity contribution in [1.82, 2.24) is 4.98 Å². The van der Waals surface area contributed by atoms with Gasteiger partial charge in [0, 0.05) is 28.8 Å². The van der Waals surface area contributed by atoms with Crippen LogP contribution in [0.5, 0.6) is 0 Å². The summed E-state index contributed by atoms with van der Waals surface area (Å²) in [4.78, 5) is 33.2. The molecule has 1 aliphatic carbocycles. The van der Waals surface area contributed by atoms with E-state index in [0.717, 1.165) is 39.7 Å². The van der Waals surface area contributed by atoms with Gasteiger partial charge in [-0.1, -0.05) is 42.8 Å². The van der Waals surface area contributed by atoms with E-state index in [1.807, 2.05) is 36.4 Å². The SMILES string of the molecule is O=C(CC1CCCC1)Nc1ccc(C(=O)N2Cc3ccccc3Sc3ncccc32)cc1. The molecule has 3 aromatic rings. The number of hydrogen-bond donors (Lipinski definition) is 1. The number of rotatable bonds is 4. The first-order chi connectivity index (χ1) is 15.7. The Morgan fingerprint density at radius 1 is 1.00 bits per heavy atom. The Morgan fingerprint density at radius 2 is 1.78 bits per heavy atom. The minimum Gasteiger partial charge on any atom is -0.326 e. The number of nitrogens with zero attached hydrogens (tertiary/aromatic N) is 2. The summed E-state index contributed by atoms with van der Waals surface area (Å²) in [5.41, 5.74) is 3.22. The Morgan fingerprint density at radius 3 is 2.59 bits per heavy atom. The lowest BCUT2D eigenvalue weighted by Gasteiger charge is -2.22. The fourth-order valence-electron chi connectivity index (χ4n) is 4.48. The van der Waals surface area contributed by atoms with E-state index in [-0.39, 0.29) is 11.8 Å². The summed E-state index contributed by atoms with van der Waals surface area (Å²) in [5, 5.41) is 3.80. The fourth-order valence-corrected chi connectivity index (χ4v) is 5.50. The number of aromatic nitrogens is 1. The maximum Gasteiger partial charge on any atom is 0.258 e. The van der Waals surface area contributed by atoms with Gasteiger partial charge in [-0.2, -0.15) is 0 Å². The Labute approximate surface area is 192 Å². The number of nitrogens with one attached hydrogen (secondary N) is 1. The first kappa shape index (κ1) is 20.8. The standard InChI is InChI=1S/C26H25N3O2S/c30-24(16-18-6-1-2-7-18)28-21-13-11-19(12-14-21)26(31)29-17-20-8-3-4-10-23(20)32-25-22(29)9-5-15-27-25/h3-5,8-15,18H,1-2,6-7,16-17H2,(H,28,30). The summed E-state index contributed by atoms with van der Waals surface area (Å²) in [7, 11) is 0. The van der Waals surface area contributed by atoms with Crippen LogP contribution in [0.25, 0.3) is 0 Å².